The van der Waals surface area contributed by atoms with Crippen molar-refractivity contribution < 1.29 is 24.5 Å². The number of allylic oxidation sites excluding steroid dienone is 11. The number of aliphatic hydroxyl groups excluding tert-OH is 2. The van der Waals surface area contributed by atoms with Crippen LogP contribution in [0.4, 0.5) is 0 Å². The summed E-state index contributed by atoms with van der Waals surface area (Å²) in [6.07, 6.45) is 57.0. The van der Waals surface area contributed by atoms with Crippen LogP contribution in [0.3, 0.4) is 0 Å². The molecule has 0 aromatic carbocycles. The van der Waals surface area contributed by atoms with Gasteiger partial charge >= 0.3 is 5.97 Å². The fourth-order valence-corrected chi connectivity index (χ4v) is 6.86. The number of aliphatic hydroxyl groups is 2. The molecule has 6 heteroatoms. The highest BCUT2D eigenvalue weighted by Crippen LogP contribution is 2.15. The number of ether oxygens (including phenoxy) is 1. The van der Waals surface area contributed by atoms with Crippen LogP contribution < -0.4 is 5.32 Å². The topological polar surface area (TPSA) is 95.9 Å². The molecule has 0 aliphatic heterocycles. The summed E-state index contributed by atoms with van der Waals surface area (Å²) in [6.45, 7) is 6.29. The molecule has 1 amide bonds. The first-order chi connectivity index (χ1) is 28.5. The summed E-state index contributed by atoms with van der Waals surface area (Å²) in [5.74, 6) is -0.637. The molecular weight excluding hydrogens is 719 g/mol. The molecule has 0 aromatic rings. The van der Waals surface area contributed by atoms with Gasteiger partial charge in [-0.25, -0.2) is 0 Å². The van der Waals surface area contributed by atoms with Crippen LogP contribution in [0.15, 0.2) is 72.9 Å². The zero-order chi connectivity index (χ0) is 42.4. The summed E-state index contributed by atoms with van der Waals surface area (Å²) in [6, 6.07) is -0.743. The largest absolute Gasteiger partial charge is 0.458 e. The number of carbonyl (C=O) groups excluding carboxylic acids is 2. The van der Waals surface area contributed by atoms with Crippen molar-refractivity contribution >= 4 is 11.9 Å². The van der Waals surface area contributed by atoms with Gasteiger partial charge in [-0.1, -0.05) is 203 Å². The van der Waals surface area contributed by atoms with Gasteiger partial charge in [-0.2, -0.15) is 0 Å². The summed E-state index contributed by atoms with van der Waals surface area (Å²) in [7, 11) is 0. The molecule has 0 saturated heterocycles. The second-order valence-corrected chi connectivity index (χ2v) is 16.1. The quantitative estimate of drug-likeness (QED) is 0.0324. The van der Waals surface area contributed by atoms with Crippen molar-refractivity contribution in [3.8, 4) is 0 Å². The van der Waals surface area contributed by atoms with Gasteiger partial charge in [0.1, 0.15) is 6.10 Å². The number of unbranched alkanes of at least 4 members (excludes halogenated alkanes) is 20. The van der Waals surface area contributed by atoms with Crippen LogP contribution in [0.1, 0.15) is 220 Å². The van der Waals surface area contributed by atoms with E-state index in [1.54, 1.807) is 6.08 Å². The molecule has 0 heterocycles. The monoisotopic (exact) mass is 810 g/mol. The molecule has 0 aliphatic rings. The zero-order valence-corrected chi connectivity index (χ0v) is 37.9. The predicted molar refractivity (Wildman–Crippen MR) is 250 cm³/mol. The highest BCUT2D eigenvalue weighted by Gasteiger charge is 2.23. The van der Waals surface area contributed by atoms with Gasteiger partial charge in [0.25, 0.3) is 0 Å². The van der Waals surface area contributed by atoms with Gasteiger partial charge in [-0.15, -0.1) is 0 Å². The Hall–Kier alpha value is -2.70. The third kappa shape index (κ3) is 40.1. The van der Waals surface area contributed by atoms with E-state index in [4.69, 9.17) is 4.74 Å². The zero-order valence-electron chi connectivity index (χ0n) is 37.9. The van der Waals surface area contributed by atoms with Crippen LogP contribution in [0, 0.1) is 0 Å². The average Bonchev–Trinajstić information content (AvgIpc) is 3.22. The van der Waals surface area contributed by atoms with E-state index in [0.29, 0.717) is 19.3 Å². The van der Waals surface area contributed by atoms with Crippen molar-refractivity contribution in [3.63, 3.8) is 0 Å². The van der Waals surface area contributed by atoms with E-state index in [-0.39, 0.29) is 24.9 Å². The lowest BCUT2D eigenvalue weighted by Crippen LogP contribution is -2.46. The number of hydrogen-bond donors (Lipinski definition) is 3. The van der Waals surface area contributed by atoms with Gasteiger partial charge in [-0.05, 0) is 76.7 Å². The van der Waals surface area contributed by atoms with Gasteiger partial charge in [0.15, 0.2) is 0 Å². The minimum atomic E-state index is -0.820. The van der Waals surface area contributed by atoms with Crippen LogP contribution in [0.25, 0.3) is 0 Å². The summed E-state index contributed by atoms with van der Waals surface area (Å²) in [5.41, 5.74) is 0. The van der Waals surface area contributed by atoms with Crippen LogP contribution in [-0.4, -0.2) is 46.9 Å². The van der Waals surface area contributed by atoms with Gasteiger partial charge < -0.3 is 20.3 Å². The third-order valence-electron chi connectivity index (χ3n) is 10.5. The fourth-order valence-electron chi connectivity index (χ4n) is 6.86. The van der Waals surface area contributed by atoms with Crippen LogP contribution >= 0.6 is 0 Å². The number of esters is 1. The number of rotatable bonds is 42. The lowest BCUT2D eigenvalue weighted by molar-refractivity contribution is -0.148. The Kier molecular flexibility index (Phi) is 43.3. The minimum absolute atomic E-state index is 0.0496. The van der Waals surface area contributed by atoms with Gasteiger partial charge in [0.2, 0.25) is 5.91 Å². The summed E-state index contributed by atoms with van der Waals surface area (Å²) < 4.78 is 5.80. The van der Waals surface area contributed by atoms with Crippen molar-refractivity contribution in [1.82, 2.24) is 5.32 Å². The lowest BCUT2D eigenvalue weighted by Gasteiger charge is -2.23. The summed E-state index contributed by atoms with van der Waals surface area (Å²) in [5, 5.41) is 23.6. The molecule has 3 unspecified atom stereocenters. The molecule has 58 heavy (non-hydrogen) atoms. The van der Waals surface area contributed by atoms with E-state index in [1.165, 1.54) is 109 Å². The van der Waals surface area contributed by atoms with Crippen LogP contribution in [0.5, 0.6) is 0 Å². The molecule has 334 valence electrons. The van der Waals surface area contributed by atoms with Crippen LogP contribution in [0.2, 0.25) is 0 Å². The van der Waals surface area contributed by atoms with Crippen molar-refractivity contribution in [2.75, 3.05) is 6.61 Å². The number of carbonyl (C=O) groups is 2. The van der Waals surface area contributed by atoms with Crippen LogP contribution in [-0.2, 0) is 14.3 Å². The maximum Gasteiger partial charge on any atom is 0.306 e. The molecule has 3 atom stereocenters. The van der Waals surface area contributed by atoms with Gasteiger partial charge in [-0.3, -0.25) is 9.59 Å². The second kappa shape index (κ2) is 45.4. The maximum atomic E-state index is 13.1. The van der Waals surface area contributed by atoms with E-state index in [9.17, 15) is 19.8 Å². The standard InChI is InChI=1S/C52H91NO5/c1-4-7-10-13-16-19-22-24-26-28-30-33-36-39-42-45-52(57)58-48(43-40-37-34-31-29-27-25-23-20-17-14-11-8-5-2)46-51(56)53-49(47-54)50(55)44-41-38-35-32-21-18-15-12-9-6-3/h8,11,17,19-20,22,25,27,31,34,40,43,48-50,54-55H,4-7,9-10,12-16,18,21,23-24,26,28-30,32-33,35-39,41-42,44-47H2,1-3H3,(H,53,56)/b11-8+,20-17+,22-19-,27-25+,34-31+,43-40+. The molecule has 0 spiro atoms. The highest BCUT2D eigenvalue weighted by molar-refractivity contribution is 5.78. The molecule has 0 radical (unpaired) electrons. The summed E-state index contributed by atoms with van der Waals surface area (Å²) >= 11 is 0. The first-order valence-corrected chi connectivity index (χ1v) is 24.2. The SMILES string of the molecule is CC/C=C/C/C=C/C/C=C/C/C=C/C/C=C/C(CC(=O)NC(CO)C(O)CCCCCCCCCCCC)OC(=O)CCCCCCCCC/C=C\CCCCCC. The Morgan fingerprint density at radius 1 is 0.534 bits per heavy atom. The Bertz CT molecular complexity index is 1090. The number of hydrogen-bond acceptors (Lipinski definition) is 5. The van der Waals surface area contributed by atoms with Crippen molar-refractivity contribution in [2.24, 2.45) is 0 Å². The van der Waals surface area contributed by atoms with E-state index >= 15 is 0 Å². The normalized spacial score (nSPS) is 13.9. The number of amides is 1. The lowest BCUT2D eigenvalue weighted by atomic mass is 10.0. The van der Waals surface area contributed by atoms with E-state index in [1.807, 2.05) is 6.08 Å². The molecule has 0 bridgehead atoms. The Labute approximate surface area is 358 Å². The third-order valence-corrected chi connectivity index (χ3v) is 10.5. The van der Waals surface area contributed by atoms with Crippen molar-refractivity contribution in [2.45, 2.75) is 238 Å². The Morgan fingerprint density at radius 3 is 1.47 bits per heavy atom. The molecule has 0 fully saturated rings. The fraction of sp³-hybridized carbons (Fsp3) is 0.731. The van der Waals surface area contributed by atoms with E-state index < -0.39 is 18.2 Å². The molecule has 0 saturated carbocycles. The van der Waals surface area contributed by atoms with Gasteiger partial charge in [0.05, 0.1) is 25.2 Å². The molecule has 0 rings (SSSR count). The molecule has 3 N–H and O–H groups in total. The Morgan fingerprint density at radius 2 is 0.966 bits per heavy atom. The Balaban J connectivity index is 4.76. The minimum Gasteiger partial charge on any atom is -0.458 e. The number of nitrogens with one attached hydrogen (secondary N) is 1. The molecule has 6 nitrogen and oxygen atoms in total. The first-order valence-electron chi connectivity index (χ1n) is 24.2. The van der Waals surface area contributed by atoms with Crippen molar-refractivity contribution in [1.29, 1.82) is 0 Å². The maximum absolute atomic E-state index is 13.1. The molecular formula is C52H91NO5. The first kappa shape index (κ1) is 55.3. The molecule has 0 aromatic heterocycles. The molecule has 0 aliphatic carbocycles. The van der Waals surface area contributed by atoms with Crippen molar-refractivity contribution in [3.05, 3.63) is 72.9 Å². The average molecular weight is 810 g/mol. The predicted octanol–water partition coefficient (Wildman–Crippen LogP) is 14.2. The van der Waals surface area contributed by atoms with E-state index in [2.05, 4.69) is 86.8 Å². The summed E-state index contributed by atoms with van der Waals surface area (Å²) in [4.78, 5) is 26.0. The smallest absolute Gasteiger partial charge is 0.306 e. The van der Waals surface area contributed by atoms with Gasteiger partial charge in [0, 0.05) is 6.42 Å². The van der Waals surface area contributed by atoms with E-state index in [0.717, 1.165) is 64.2 Å². The second-order valence-electron chi connectivity index (χ2n) is 16.1. The highest BCUT2D eigenvalue weighted by atomic mass is 16.5.